The lowest BCUT2D eigenvalue weighted by molar-refractivity contribution is -0.336. The van der Waals surface area contributed by atoms with E-state index in [0.29, 0.717) is 6.54 Å². The minimum absolute atomic E-state index is 0.000383. The van der Waals surface area contributed by atoms with Crippen molar-refractivity contribution < 1.29 is 80.3 Å². The molecule has 0 amide bonds. The van der Waals surface area contributed by atoms with Crippen LogP contribution in [-0.4, -0.2) is 161 Å². The number of benzene rings is 3. The molecule has 3 aromatic rings. The number of nitrogens with one attached hydrogen (secondary N) is 3. The molecule has 444 valence electrons. The molecule has 6 rings (SSSR count). The summed E-state index contributed by atoms with van der Waals surface area (Å²) in [4.78, 5) is 14.7. The summed E-state index contributed by atoms with van der Waals surface area (Å²) >= 11 is 0. The Morgan fingerprint density at radius 3 is 2.08 bits per heavy atom. The molecule has 3 aliphatic heterocycles. The molecule has 0 saturated carbocycles. The minimum Gasteiger partial charge on any atom is -0.459 e. The Kier molecular flexibility index (Phi) is 21.0. The maximum absolute atomic E-state index is 14.7. The van der Waals surface area contributed by atoms with Crippen molar-refractivity contribution in [1.82, 2.24) is 14.9 Å². The molecular weight excluding hydrogens is 1050 g/mol. The van der Waals surface area contributed by atoms with Gasteiger partial charge in [0.1, 0.15) is 35.1 Å². The van der Waals surface area contributed by atoms with Crippen molar-refractivity contribution in [2.24, 2.45) is 17.8 Å². The van der Waals surface area contributed by atoms with E-state index in [0.717, 1.165) is 45.3 Å². The van der Waals surface area contributed by atoms with Gasteiger partial charge in [-0.15, -0.1) is 0 Å². The Balaban J connectivity index is 1.31. The van der Waals surface area contributed by atoms with Crippen LogP contribution in [0.3, 0.4) is 0 Å². The predicted octanol–water partition coefficient (Wildman–Crippen LogP) is 6.13. The number of ether oxygens (including phenoxy) is 6. The van der Waals surface area contributed by atoms with Gasteiger partial charge < -0.3 is 64.6 Å². The van der Waals surface area contributed by atoms with Crippen molar-refractivity contribution in [3.63, 3.8) is 0 Å². The second-order valence-electron chi connectivity index (χ2n) is 22.9. The first-order chi connectivity index (χ1) is 36.8. The number of aliphatic hydroxyl groups is 5. The number of rotatable bonds is 15. The van der Waals surface area contributed by atoms with Crippen molar-refractivity contribution in [2.75, 3.05) is 32.0 Å². The van der Waals surface area contributed by atoms with E-state index in [9.17, 15) is 51.9 Å². The first-order valence-electron chi connectivity index (χ1n) is 27.2. The lowest BCUT2D eigenvalue weighted by Crippen LogP contribution is -2.70. The number of halogens is 3. The van der Waals surface area contributed by atoms with Crippen LogP contribution in [-0.2, 0) is 56.1 Å². The Morgan fingerprint density at radius 1 is 0.861 bits per heavy atom. The van der Waals surface area contributed by atoms with Gasteiger partial charge in [-0.25, -0.2) is 0 Å². The van der Waals surface area contributed by atoms with Crippen molar-refractivity contribution in [3.05, 3.63) is 90.0 Å². The third-order valence-corrected chi connectivity index (χ3v) is 18.1. The third-order valence-electron chi connectivity index (χ3n) is 16.6. The predicted molar refractivity (Wildman–Crippen MR) is 290 cm³/mol. The van der Waals surface area contributed by atoms with Gasteiger partial charge in [-0.1, -0.05) is 75.4 Å². The van der Waals surface area contributed by atoms with Crippen LogP contribution < -0.4 is 15.4 Å². The lowest BCUT2D eigenvalue weighted by atomic mass is 9.75. The molecular formula is C57H85F3N4O14S. The van der Waals surface area contributed by atoms with Gasteiger partial charge in [-0.05, 0) is 121 Å². The van der Waals surface area contributed by atoms with Gasteiger partial charge in [-0.3, -0.25) is 9.52 Å². The molecule has 3 saturated heterocycles. The molecule has 18 nitrogen and oxygen atoms in total. The molecule has 0 aromatic heterocycles. The number of nitrogens with zero attached hydrogens (tertiary/aromatic N) is 1. The molecule has 3 heterocycles. The zero-order valence-electron chi connectivity index (χ0n) is 47.4. The Hall–Kier alpha value is -3.85. The monoisotopic (exact) mass is 1140 g/mol. The maximum Gasteiger partial charge on any atom is 0.416 e. The number of alkyl halides is 3. The summed E-state index contributed by atoms with van der Waals surface area (Å²) in [6, 6.07) is 19.5. The van der Waals surface area contributed by atoms with Crippen LogP contribution in [0.4, 0.5) is 18.9 Å². The maximum atomic E-state index is 14.7. The first-order valence-corrected chi connectivity index (χ1v) is 28.6. The van der Waals surface area contributed by atoms with Gasteiger partial charge in [0.05, 0.1) is 47.5 Å². The van der Waals surface area contributed by atoms with Gasteiger partial charge in [0.15, 0.2) is 12.6 Å². The van der Waals surface area contributed by atoms with Crippen molar-refractivity contribution in [2.45, 2.75) is 197 Å². The number of aliphatic hydroxyl groups excluding tert-OH is 2. The van der Waals surface area contributed by atoms with Crippen LogP contribution in [0.5, 0.6) is 0 Å². The summed E-state index contributed by atoms with van der Waals surface area (Å²) in [5, 5.41) is 67.6. The number of likely N-dealkylation sites (N-methyl/N-ethyl adjacent to an activating group) is 1. The van der Waals surface area contributed by atoms with E-state index in [1.165, 1.54) is 28.0 Å². The highest BCUT2D eigenvalue weighted by atomic mass is 32.2. The largest absolute Gasteiger partial charge is 0.459 e. The normalized spacial score (nSPS) is 37.7. The van der Waals surface area contributed by atoms with Gasteiger partial charge in [0.2, 0.25) is 0 Å². The number of methoxy groups -OCH3 is 1. The molecule has 3 aliphatic rings. The van der Waals surface area contributed by atoms with E-state index >= 15 is 0 Å². The van der Waals surface area contributed by atoms with Gasteiger partial charge in [0, 0.05) is 51.3 Å². The highest BCUT2D eigenvalue weighted by molar-refractivity contribution is 7.90. The summed E-state index contributed by atoms with van der Waals surface area (Å²) in [5.74, 6) is -3.50. The standard InChI is InChI=1S/C57H85F3N4O14S/c1-13-45-55(10,69)49(66)37(6)62-30-33(2)28-53(8,68)50(78-52-47(65)44(27-34(3)74-52)64(11)79(71,72)63-43-25-23-42(24-26-43)57(58,59)60)35(4)48(36(5)51(67)76-45)77-46-29-54(9,73-12)56(70,38(7)75-46)32-61-31-39-19-21-41(22-20-39)40-17-15-14-16-18-40/h14-26,33-38,44-50,52,61-63,65-66,68-70H,13,27-32H2,1-12H3/t33?,34-,35?,36?,37?,38+,44+,45?,46+,47-,48?,49?,50?,52+,53?,54-,55?,56+/m1/s1. The van der Waals surface area contributed by atoms with Crippen LogP contribution in [0.1, 0.15) is 106 Å². The Bertz CT molecular complexity index is 2550. The van der Waals surface area contributed by atoms with E-state index in [1.807, 2.05) is 61.5 Å². The summed E-state index contributed by atoms with van der Waals surface area (Å²) in [6.45, 7) is 17.1. The van der Waals surface area contributed by atoms with E-state index in [4.69, 9.17) is 28.4 Å². The van der Waals surface area contributed by atoms with Crippen LogP contribution in [0.15, 0.2) is 78.9 Å². The molecule has 18 atom stereocenters. The Morgan fingerprint density at radius 2 is 1.48 bits per heavy atom. The van der Waals surface area contributed by atoms with Crippen LogP contribution in [0, 0.1) is 17.8 Å². The average molecular weight is 1140 g/mol. The molecule has 0 spiro atoms. The quantitative estimate of drug-likeness (QED) is 0.0798. The summed E-state index contributed by atoms with van der Waals surface area (Å²) in [5.41, 5.74) is -4.80. The van der Waals surface area contributed by atoms with Crippen LogP contribution >= 0.6 is 0 Å². The van der Waals surface area contributed by atoms with Gasteiger partial charge in [-0.2, -0.15) is 25.9 Å². The topological polar surface area (TPSA) is 247 Å². The fourth-order valence-corrected chi connectivity index (χ4v) is 12.7. The number of cyclic esters (lactones) is 1. The van der Waals surface area contributed by atoms with E-state index in [2.05, 4.69) is 15.4 Å². The van der Waals surface area contributed by atoms with Crippen LogP contribution in [0.2, 0.25) is 0 Å². The second-order valence-corrected chi connectivity index (χ2v) is 24.6. The van der Waals surface area contributed by atoms with Crippen molar-refractivity contribution >= 4 is 21.9 Å². The molecule has 0 radical (unpaired) electrons. The summed E-state index contributed by atoms with van der Waals surface area (Å²) < 4.78 is 109. The molecule has 10 unspecified atom stereocenters. The number of carbonyl (C=O) groups is 1. The molecule has 79 heavy (non-hydrogen) atoms. The number of hydrogen-bond acceptors (Lipinski definition) is 16. The van der Waals surface area contributed by atoms with Gasteiger partial charge in [0.25, 0.3) is 0 Å². The summed E-state index contributed by atoms with van der Waals surface area (Å²) in [6.07, 6.45) is -16.3. The minimum atomic E-state index is -4.65. The molecule has 0 bridgehead atoms. The summed E-state index contributed by atoms with van der Waals surface area (Å²) in [7, 11) is -1.88. The van der Waals surface area contributed by atoms with E-state index in [-0.39, 0.29) is 50.4 Å². The molecule has 0 aliphatic carbocycles. The van der Waals surface area contributed by atoms with Crippen molar-refractivity contribution in [1.29, 1.82) is 0 Å². The Labute approximate surface area is 463 Å². The number of carbonyl (C=O) groups excluding carboxylic acids is 1. The first kappa shape index (κ1) is 64.3. The number of esters is 1. The van der Waals surface area contributed by atoms with E-state index in [1.54, 1.807) is 48.5 Å². The van der Waals surface area contributed by atoms with Gasteiger partial charge >= 0.3 is 22.4 Å². The second kappa shape index (κ2) is 25.7. The number of hydrogen-bond donors (Lipinski definition) is 8. The third kappa shape index (κ3) is 14.9. The molecule has 8 N–H and O–H groups in total. The zero-order chi connectivity index (χ0) is 58.6. The smallest absolute Gasteiger partial charge is 0.416 e. The number of anilines is 1. The molecule has 3 fully saturated rings. The lowest BCUT2D eigenvalue weighted by Gasteiger charge is -2.53. The highest BCUT2D eigenvalue weighted by Crippen LogP contribution is 2.44. The highest BCUT2D eigenvalue weighted by Gasteiger charge is 2.58. The SMILES string of the molecule is CCC1OC(=O)C(C)C(O[C@H]2C[C@@](C)(OC)[C@](O)(CNCc3ccc(-c4ccccc4)cc3)[C@H](C)O2)C(C)C(O[C@@H]2O[C@H](C)C[C@H](N(C)S(=O)(=O)Nc3ccc(C(F)(F)F)cc3)[C@H]2O)C(C)(O)CC(C)CNC(C)C(O)C1(C)O. The fourth-order valence-electron chi connectivity index (χ4n) is 11.6. The van der Waals surface area contributed by atoms with Crippen molar-refractivity contribution in [3.8, 4) is 11.1 Å². The molecule has 22 heteroatoms. The van der Waals surface area contributed by atoms with Crippen LogP contribution in [0.25, 0.3) is 11.1 Å². The zero-order valence-corrected chi connectivity index (χ0v) is 48.3. The molecule has 3 aromatic carbocycles. The fraction of sp³-hybridized carbons (Fsp3) is 0.667. The van der Waals surface area contributed by atoms with E-state index < -0.39 is 130 Å². The average Bonchev–Trinajstić information content (AvgIpc) is 3.42.